The molecule has 0 saturated carbocycles. The minimum absolute atomic E-state index is 0.0738. The molecule has 0 aliphatic rings. The first-order valence-corrected chi connectivity index (χ1v) is 10.1. The summed E-state index contributed by atoms with van der Waals surface area (Å²) >= 11 is 7.40. The van der Waals surface area contributed by atoms with E-state index >= 15 is 0 Å². The summed E-state index contributed by atoms with van der Waals surface area (Å²) in [6, 6.07) is 11.2. The monoisotopic (exact) mass is 386 g/mol. The second kappa shape index (κ2) is 7.87. The molecule has 0 aliphatic carbocycles. The average molecular weight is 387 g/mol. The van der Waals surface area contributed by atoms with Gasteiger partial charge in [-0.25, -0.2) is 8.42 Å². The summed E-state index contributed by atoms with van der Waals surface area (Å²) in [7, 11) is -3.49. The molecule has 2 rings (SSSR count). The highest BCUT2D eigenvalue weighted by Crippen LogP contribution is 2.28. The SMILES string of the molecule is CS(=O)(=O)c1ccc(NCCSc2ccc(Cl)cc2)c([N+](=O)[O-])c1. The number of hydrogen-bond acceptors (Lipinski definition) is 6. The summed E-state index contributed by atoms with van der Waals surface area (Å²) in [6.07, 6.45) is 1.02. The molecule has 1 N–H and O–H groups in total. The van der Waals surface area contributed by atoms with Crippen molar-refractivity contribution in [3.63, 3.8) is 0 Å². The Morgan fingerprint density at radius 3 is 2.46 bits per heavy atom. The highest BCUT2D eigenvalue weighted by molar-refractivity contribution is 7.99. The Labute approximate surface area is 149 Å². The molecule has 24 heavy (non-hydrogen) atoms. The average Bonchev–Trinajstić information content (AvgIpc) is 2.52. The van der Waals surface area contributed by atoms with E-state index in [1.165, 1.54) is 12.1 Å². The van der Waals surface area contributed by atoms with Crippen LogP contribution in [-0.2, 0) is 9.84 Å². The Balaban J connectivity index is 2.01. The largest absolute Gasteiger partial charge is 0.379 e. The Kier molecular flexibility index (Phi) is 6.09. The highest BCUT2D eigenvalue weighted by Gasteiger charge is 2.18. The van der Waals surface area contributed by atoms with Crippen LogP contribution in [0.3, 0.4) is 0 Å². The summed E-state index contributed by atoms with van der Waals surface area (Å²) in [5.74, 6) is 0.687. The number of nitrogens with one attached hydrogen (secondary N) is 1. The predicted octanol–water partition coefficient (Wildman–Crippen LogP) is 3.86. The number of hydrogen-bond donors (Lipinski definition) is 1. The molecular weight excluding hydrogens is 372 g/mol. The lowest BCUT2D eigenvalue weighted by atomic mass is 10.2. The van der Waals surface area contributed by atoms with Crippen molar-refractivity contribution in [3.8, 4) is 0 Å². The van der Waals surface area contributed by atoms with Crippen LogP contribution in [0.25, 0.3) is 0 Å². The number of halogens is 1. The molecule has 2 aromatic rings. The van der Waals surface area contributed by atoms with Gasteiger partial charge in [-0.2, -0.15) is 0 Å². The van der Waals surface area contributed by atoms with Crippen LogP contribution in [0.2, 0.25) is 5.02 Å². The molecule has 0 saturated heterocycles. The van der Waals surface area contributed by atoms with Gasteiger partial charge in [0.05, 0.1) is 9.82 Å². The Bertz CT molecular complexity index is 839. The van der Waals surface area contributed by atoms with E-state index < -0.39 is 14.8 Å². The third kappa shape index (κ3) is 5.12. The molecule has 0 aliphatic heterocycles. The van der Waals surface area contributed by atoms with Gasteiger partial charge in [0.2, 0.25) is 0 Å². The number of sulfone groups is 1. The lowest BCUT2D eigenvalue weighted by molar-refractivity contribution is -0.384. The molecule has 0 unspecified atom stereocenters. The molecule has 0 radical (unpaired) electrons. The Morgan fingerprint density at radius 2 is 1.88 bits per heavy atom. The van der Waals surface area contributed by atoms with E-state index in [1.807, 2.05) is 12.1 Å². The zero-order valence-corrected chi connectivity index (χ0v) is 15.1. The number of rotatable bonds is 7. The number of anilines is 1. The van der Waals surface area contributed by atoms with Gasteiger partial charge >= 0.3 is 0 Å². The number of nitro benzene ring substituents is 1. The van der Waals surface area contributed by atoms with E-state index in [0.717, 1.165) is 17.2 Å². The van der Waals surface area contributed by atoms with Crippen LogP contribution in [0.15, 0.2) is 52.3 Å². The standard InChI is InChI=1S/C15H15ClN2O4S2/c1-24(21,22)13-6-7-14(15(10-13)18(19)20)17-8-9-23-12-4-2-11(16)3-5-12/h2-7,10,17H,8-9H2,1H3. The third-order valence-corrected chi connectivity index (χ3v) is 5.47. The van der Waals surface area contributed by atoms with Gasteiger partial charge in [-0.05, 0) is 36.4 Å². The van der Waals surface area contributed by atoms with Crippen LogP contribution in [0.4, 0.5) is 11.4 Å². The predicted molar refractivity (Wildman–Crippen MR) is 96.9 cm³/mol. The topological polar surface area (TPSA) is 89.3 Å². The molecule has 0 fully saturated rings. The van der Waals surface area contributed by atoms with Gasteiger partial charge in [-0.15, -0.1) is 11.8 Å². The number of benzene rings is 2. The molecule has 128 valence electrons. The molecule has 0 spiro atoms. The van der Waals surface area contributed by atoms with E-state index in [0.29, 0.717) is 23.0 Å². The summed E-state index contributed by atoms with van der Waals surface area (Å²) in [4.78, 5) is 11.5. The van der Waals surface area contributed by atoms with Crippen LogP contribution < -0.4 is 5.32 Å². The fourth-order valence-corrected chi connectivity index (χ4v) is 3.46. The molecule has 0 heterocycles. The van der Waals surface area contributed by atoms with Crippen molar-refractivity contribution in [2.24, 2.45) is 0 Å². The maximum atomic E-state index is 11.5. The molecule has 2 aromatic carbocycles. The first-order valence-electron chi connectivity index (χ1n) is 6.88. The minimum Gasteiger partial charge on any atom is -0.379 e. The molecule has 0 bridgehead atoms. The zero-order chi connectivity index (χ0) is 17.7. The maximum Gasteiger partial charge on any atom is 0.293 e. The lowest BCUT2D eigenvalue weighted by Crippen LogP contribution is -2.07. The minimum atomic E-state index is -3.49. The highest BCUT2D eigenvalue weighted by atomic mass is 35.5. The van der Waals surface area contributed by atoms with Gasteiger partial charge in [0.15, 0.2) is 9.84 Å². The van der Waals surface area contributed by atoms with E-state index in [-0.39, 0.29) is 10.6 Å². The van der Waals surface area contributed by atoms with Gasteiger partial charge < -0.3 is 5.32 Å². The van der Waals surface area contributed by atoms with Crippen molar-refractivity contribution in [1.82, 2.24) is 0 Å². The zero-order valence-electron chi connectivity index (χ0n) is 12.7. The summed E-state index contributed by atoms with van der Waals surface area (Å²) < 4.78 is 23.0. The van der Waals surface area contributed by atoms with E-state index in [1.54, 1.807) is 23.9 Å². The summed E-state index contributed by atoms with van der Waals surface area (Å²) in [6.45, 7) is 0.492. The fraction of sp³-hybridized carbons (Fsp3) is 0.200. The first kappa shape index (κ1) is 18.6. The van der Waals surface area contributed by atoms with Crippen LogP contribution >= 0.6 is 23.4 Å². The molecule has 0 atom stereocenters. The first-order chi connectivity index (χ1) is 11.3. The lowest BCUT2D eigenvalue weighted by Gasteiger charge is -2.08. The van der Waals surface area contributed by atoms with Crippen molar-refractivity contribution in [3.05, 3.63) is 57.6 Å². The molecule has 6 nitrogen and oxygen atoms in total. The second-order valence-electron chi connectivity index (χ2n) is 4.94. The van der Waals surface area contributed by atoms with Gasteiger partial charge in [0.1, 0.15) is 5.69 Å². The quantitative estimate of drug-likeness (QED) is 0.336. The van der Waals surface area contributed by atoms with Crippen LogP contribution in [-0.4, -0.2) is 31.9 Å². The van der Waals surface area contributed by atoms with E-state index in [9.17, 15) is 18.5 Å². The van der Waals surface area contributed by atoms with Gasteiger partial charge in [-0.3, -0.25) is 10.1 Å². The van der Waals surface area contributed by atoms with Gasteiger partial charge in [0, 0.05) is 34.5 Å². The molecule has 9 heteroatoms. The third-order valence-electron chi connectivity index (χ3n) is 3.09. The molecular formula is C15H15ClN2O4S2. The smallest absolute Gasteiger partial charge is 0.293 e. The van der Waals surface area contributed by atoms with Crippen molar-refractivity contribution in [2.75, 3.05) is 23.9 Å². The van der Waals surface area contributed by atoms with Gasteiger partial charge in [0.25, 0.3) is 5.69 Å². The van der Waals surface area contributed by atoms with Crippen LogP contribution in [0.5, 0.6) is 0 Å². The second-order valence-corrected chi connectivity index (χ2v) is 8.56. The number of nitrogens with zero attached hydrogens (tertiary/aromatic N) is 1. The Hall–Kier alpha value is -1.77. The summed E-state index contributed by atoms with van der Waals surface area (Å²) in [5, 5.41) is 14.8. The van der Waals surface area contributed by atoms with Crippen molar-refractivity contribution in [1.29, 1.82) is 0 Å². The Morgan fingerprint density at radius 1 is 1.21 bits per heavy atom. The fourth-order valence-electron chi connectivity index (χ4n) is 1.93. The molecule has 0 amide bonds. The van der Waals surface area contributed by atoms with Crippen molar-refractivity contribution in [2.45, 2.75) is 9.79 Å². The molecule has 0 aromatic heterocycles. The van der Waals surface area contributed by atoms with Crippen molar-refractivity contribution >= 4 is 44.6 Å². The number of thioether (sulfide) groups is 1. The normalized spacial score (nSPS) is 11.2. The maximum absolute atomic E-state index is 11.5. The van der Waals surface area contributed by atoms with E-state index in [2.05, 4.69) is 5.32 Å². The van der Waals surface area contributed by atoms with Crippen molar-refractivity contribution < 1.29 is 13.3 Å². The number of nitro groups is 1. The van der Waals surface area contributed by atoms with Crippen LogP contribution in [0.1, 0.15) is 0 Å². The van der Waals surface area contributed by atoms with Gasteiger partial charge in [-0.1, -0.05) is 11.6 Å². The summed E-state index contributed by atoms with van der Waals surface area (Å²) in [5.41, 5.74) is 0.0403. The van der Waals surface area contributed by atoms with Crippen LogP contribution in [0, 0.1) is 10.1 Å². The van der Waals surface area contributed by atoms with E-state index in [4.69, 9.17) is 11.6 Å².